The molecule has 1 atom stereocenters. The van der Waals surface area contributed by atoms with E-state index in [-0.39, 0.29) is 6.04 Å². The number of methoxy groups -OCH3 is 1. The van der Waals surface area contributed by atoms with Gasteiger partial charge in [-0.1, -0.05) is 11.6 Å². The van der Waals surface area contributed by atoms with Gasteiger partial charge in [-0.3, -0.25) is 0 Å². The number of nitrogens with one attached hydrogen (secondary N) is 1. The lowest BCUT2D eigenvalue weighted by Crippen LogP contribution is -2.40. The van der Waals surface area contributed by atoms with Gasteiger partial charge in [0.2, 0.25) is 0 Å². The Morgan fingerprint density at radius 3 is 2.64 bits per heavy atom. The molecule has 0 fully saturated rings. The molecular weight excluding hydrogens is 358 g/mol. The fourth-order valence-corrected chi connectivity index (χ4v) is 3.03. The minimum Gasteiger partial charge on any atom is -0.495 e. The first-order valence-electron chi connectivity index (χ1n) is 8.01. The third-order valence-electron chi connectivity index (χ3n) is 3.87. The van der Waals surface area contributed by atoms with Crippen LogP contribution in [0.15, 0.2) is 41.0 Å². The lowest BCUT2D eigenvalue weighted by atomic mass is 10.2. The van der Waals surface area contributed by atoms with Crippen LogP contribution in [0.1, 0.15) is 18.7 Å². The van der Waals surface area contributed by atoms with E-state index in [1.54, 1.807) is 19.4 Å². The second-order valence-corrected chi connectivity index (χ2v) is 6.76. The van der Waals surface area contributed by atoms with Crippen molar-refractivity contribution in [1.82, 2.24) is 9.80 Å². The Balaban J connectivity index is 2.15. The third kappa shape index (κ3) is 5.36. The molecule has 1 aromatic carbocycles. The summed E-state index contributed by atoms with van der Waals surface area (Å²) in [4.78, 5) is 4.22. The maximum atomic E-state index is 6.20. The molecule has 25 heavy (non-hydrogen) atoms. The highest BCUT2D eigenvalue weighted by molar-refractivity contribution is 7.80. The molecule has 1 heterocycles. The standard InChI is InChI=1S/C18H24ClN3O2S/c1-13(16-6-5-11-24-16)22(10-9-21(2)3)18(25)20-14-7-8-17(23-4)15(19)12-14/h5-8,11-13H,9-10H2,1-4H3,(H,20,25)/t13-/m1/s1. The SMILES string of the molecule is COc1ccc(NC(=S)N(CCN(C)C)[C@H](C)c2ccco2)cc1Cl. The quantitative estimate of drug-likeness (QED) is 0.722. The lowest BCUT2D eigenvalue weighted by molar-refractivity contribution is 0.263. The first kappa shape index (κ1) is 19.6. The molecule has 7 heteroatoms. The zero-order valence-corrected chi connectivity index (χ0v) is 16.5. The summed E-state index contributed by atoms with van der Waals surface area (Å²) in [5.74, 6) is 1.50. The van der Waals surface area contributed by atoms with E-state index in [1.807, 2.05) is 38.4 Å². The van der Waals surface area contributed by atoms with E-state index in [4.69, 9.17) is 33.0 Å². The number of hydrogen-bond acceptors (Lipinski definition) is 4. The zero-order chi connectivity index (χ0) is 18.4. The summed E-state index contributed by atoms with van der Waals surface area (Å²) >= 11 is 11.8. The summed E-state index contributed by atoms with van der Waals surface area (Å²) in [6.45, 7) is 3.71. The van der Waals surface area contributed by atoms with Crippen molar-refractivity contribution in [2.75, 3.05) is 39.6 Å². The minimum atomic E-state index is 0.0173. The van der Waals surface area contributed by atoms with Crippen molar-refractivity contribution in [2.45, 2.75) is 13.0 Å². The van der Waals surface area contributed by atoms with Crippen LogP contribution in [0.5, 0.6) is 5.75 Å². The molecule has 1 aromatic heterocycles. The Bertz CT molecular complexity index is 692. The average Bonchev–Trinajstić information content (AvgIpc) is 3.09. The second kappa shape index (κ2) is 9.08. The summed E-state index contributed by atoms with van der Waals surface area (Å²) in [5, 5.41) is 4.41. The summed E-state index contributed by atoms with van der Waals surface area (Å²) < 4.78 is 10.7. The number of benzene rings is 1. The van der Waals surface area contributed by atoms with Crippen molar-refractivity contribution in [3.8, 4) is 5.75 Å². The molecule has 0 amide bonds. The summed E-state index contributed by atoms with van der Waals surface area (Å²) in [7, 11) is 5.66. The van der Waals surface area contributed by atoms with Crippen molar-refractivity contribution < 1.29 is 9.15 Å². The molecular formula is C18H24ClN3O2S. The smallest absolute Gasteiger partial charge is 0.174 e. The van der Waals surface area contributed by atoms with E-state index in [2.05, 4.69) is 22.0 Å². The van der Waals surface area contributed by atoms with Crippen LogP contribution < -0.4 is 10.1 Å². The van der Waals surface area contributed by atoms with Crippen LogP contribution in [0.4, 0.5) is 5.69 Å². The average molecular weight is 382 g/mol. The van der Waals surface area contributed by atoms with Gasteiger partial charge in [-0.05, 0) is 63.6 Å². The van der Waals surface area contributed by atoms with Crippen molar-refractivity contribution >= 4 is 34.6 Å². The minimum absolute atomic E-state index is 0.0173. The van der Waals surface area contributed by atoms with E-state index in [1.165, 1.54) is 0 Å². The van der Waals surface area contributed by atoms with Crippen molar-refractivity contribution in [1.29, 1.82) is 0 Å². The highest BCUT2D eigenvalue weighted by atomic mass is 35.5. The fourth-order valence-electron chi connectivity index (χ4n) is 2.40. The van der Waals surface area contributed by atoms with E-state index < -0.39 is 0 Å². The van der Waals surface area contributed by atoms with Crippen LogP contribution in [0.2, 0.25) is 5.02 Å². The van der Waals surface area contributed by atoms with E-state index in [0.717, 1.165) is 24.5 Å². The number of thiocarbonyl (C=S) groups is 1. The molecule has 0 unspecified atom stereocenters. The summed E-state index contributed by atoms with van der Waals surface area (Å²) in [5.41, 5.74) is 0.817. The Kier molecular flexibility index (Phi) is 7.11. The maximum absolute atomic E-state index is 6.20. The number of ether oxygens (including phenoxy) is 1. The Morgan fingerprint density at radius 1 is 1.32 bits per heavy atom. The first-order chi connectivity index (χ1) is 11.9. The highest BCUT2D eigenvalue weighted by Crippen LogP contribution is 2.28. The van der Waals surface area contributed by atoms with Gasteiger partial charge in [0.15, 0.2) is 5.11 Å². The number of anilines is 1. The lowest BCUT2D eigenvalue weighted by Gasteiger charge is -2.31. The van der Waals surface area contributed by atoms with Crippen molar-refractivity contribution in [2.24, 2.45) is 0 Å². The number of hydrogen-bond donors (Lipinski definition) is 1. The van der Waals surface area contributed by atoms with Crippen LogP contribution in [0, 0.1) is 0 Å². The van der Waals surface area contributed by atoms with Gasteiger partial charge in [-0.2, -0.15) is 0 Å². The molecule has 0 bridgehead atoms. The third-order valence-corrected chi connectivity index (χ3v) is 4.51. The molecule has 2 rings (SSSR count). The Hall–Kier alpha value is -1.76. The van der Waals surface area contributed by atoms with Gasteiger partial charge in [-0.25, -0.2) is 0 Å². The van der Waals surface area contributed by atoms with Gasteiger partial charge >= 0.3 is 0 Å². The van der Waals surface area contributed by atoms with Gasteiger partial charge in [0.25, 0.3) is 0 Å². The number of furan rings is 1. The second-order valence-electron chi connectivity index (χ2n) is 5.97. The molecule has 0 aliphatic heterocycles. The maximum Gasteiger partial charge on any atom is 0.174 e. The van der Waals surface area contributed by atoms with Gasteiger partial charge < -0.3 is 24.3 Å². The van der Waals surface area contributed by atoms with Crippen LogP contribution in [0.25, 0.3) is 0 Å². The van der Waals surface area contributed by atoms with Crippen LogP contribution >= 0.6 is 23.8 Å². The molecule has 0 aliphatic carbocycles. The van der Waals surface area contributed by atoms with E-state index in [0.29, 0.717) is 15.9 Å². The first-order valence-corrected chi connectivity index (χ1v) is 8.80. The molecule has 136 valence electrons. The predicted octanol–water partition coefficient (Wildman–Crippen LogP) is 4.26. The largest absolute Gasteiger partial charge is 0.495 e. The van der Waals surface area contributed by atoms with Crippen molar-refractivity contribution in [3.63, 3.8) is 0 Å². The van der Waals surface area contributed by atoms with Crippen LogP contribution in [0.3, 0.4) is 0 Å². The van der Waals surface area contributed by atoms with Crippen LogP contribution in [-0.2, 0) is 0 Å². The normalized spacial score (nSPS) is 12.1. The Morgan fingerprint density at radius 2 is 2.08 bits per heavy atom. The molecule has 0 aliphatic rings. The molecule has 0 spiro atoms. The molecule has 0 radical (unpaired) electrons. The summed E-state index contributed by atoms with van der Waals surface area (Å²) in [6.07, 6.45) is 1.68. The fraction of sp³-hybridized carbons (Fsp3) is 0.389. The summed E-state index contributed by atoms with van der Waals surface area (Å²) in [6, 6.07) is 9.36. The van der Waals surface area contributed by atoms with Gasteiger partial charge in [0, 0.05) is 18.8 Å². The molecule has 0 saturated carbocycles. The Labute approximate surface area is 159 Å². The van der Waals surface area contributed by atoms with Gasteiger partial charge in [-0.15, -0.1) is 0 Å². The molecule has 1 N–H and O–H groups in total. The van der Waals surface area contributed by atoms with Crippen LogP contribution in [-0.4, -0.2) is 49.2 Å². The monoisotopic (exact) mass is 381 g/mol. The molecule has 5 nitrogen and oxygen atoms in total. The number of nitrogens with zero attached hydrogens (tertiary/aromatic N) is 2. The zero-order valence-electron chi connectivity index (χ0n) is 15.0. The number of likely N-dealkylation sites (N-methyl/N-ethyl adjacent to an activating group) is 1. The molecule has 2 aromatic rings. The topological polar surface area (TPSA) is 40.9 Å². The number of halogens is 1. The highest BCUT2D eigenvalue weighted by Gasteiger charge is 2.21. The number of rotatable bonds is 7. The predicted molar refractivity (Wildman–Crippen MR) is 107 cm³/mol. The van der Waals surface area contributed by atoms with E-state index in [9.17, 15) is 0 Å². The van der Waals surface area contributed by atoms with Gasteiger partial charge in [0.1, 0.15) is 11.5 Å². The molecule has 0 saturated heterocycles. The van der Waals surface area contributed by atoms with Crippen molar-refractivity contribution in [3.05, 3.63) is 47.4 Å². The van der Waals surface area contributed by atoms with E-state index >= 15 is 0 Å². The van der Waals surface area contributed by atoms with Gasteiger partial charge in [0.05, 0.1) is 24.4 Å².